The van der Waals surface area contributed by atoms with E-state index >= 15 is 0 Å². The molecule has 0 aromatic carbocycles. The average Bonchev–Trinajstić information content (AvgIpc) is 2.54. The van der Waals surface area contributed by atoms with Gasteiger partial charge in [-0.3, -0.25) is 0 Å². The minimum atomic E-state index is 0.615. The third kappa shape index (κ3) is 1.66. The van der Waals surface area contributed by atoms with Crippen molar-refractivity contribution in [2.24, 2.45) is 17.3 Å². The first-order valence-electron chi connectivity index (χ1n) is 5.04. The summed E-state index contributed by atoms with van der Waals surface area (Å²) in [6.07, 6.45) is 3.75. The smallest absolute Gasteiger partial charge is 0.00915 e. The Morgan fingerprint density at radius 1 is 1.25 bits per heavy atom. The van der Waals surface area contributed by atoms with Gasteiger partial charge in [-0.2, -0.15) is 0 Å². The topological polar surface area (TPSA) is 0 Å². The summed E-state index contributed by atoms with van der Waals surface area (Å²) in [4.78, 5) is 0. The van der Waals surface area contributed by atoms with Gasteiger partial charge in [-0.25, -0.2) is 0 Å². The Labute approximate surface area is 76.7 Å². The summed E-state index contributed by atoms with van der Waals surface area (Å²) in [6, 6.07) is 0. The Kier molecular flexibility index (Phi) is 2.83. The van der Waals surface area contributed by atoms with Crippen LogP contribution in [0.3, 0.4) is 0 Å². The minimum absolute atomic E-state index is 0.615. The van der Waals surface area contributed by atoms with Gasteiger partial charge in [-0.05, 0) is 30.6 Å². The summed E-state index contributed by atoms with van der Waals surface area (Å²) in [6.45, 7) is 9.02. The lowest BCUT2D eigenvalue weighted by atomic mass is 10.1. The van der Waals surface area contributed by atoms with Crippen LogP contribution in [-0.2, 0) is 0 Å². The molecule has 1 rings (SSSR count). The summed E-state index contributed by atoms with van der Waals surface area (Å²) in [5.41, 5.74) is 0.615. The van der Waals surface area contributed by atoms with E-state index in [1.54, 1.807) is 0 Å². The van der Waals surface area contributed by atoms with Crippen LogP contribution in [0.2, 0.25) is 0 Å². The van der Waals surface area contributed by atoms with Crippen molar-refractivity contribution in [1.29, 1.82) is 0 Å². The zero-order chi connectivity index (χ0) is 9.19. The van der Waals surface area contributed by atoms with E-state index in [-0.39, 0.29) is 0 Å². The zero-order valence-electron chi connectivity index (χ0n) is 8.78. The van der Waals surface area contributed by atoms with Gasteiger partial charge < -0.3 is 0 Å². The molecule has 1 fully saturated rings. The Morgan fingerprint density at radius 3 is 2.33 bits per heavy atom. The van der Waals surface area contributed by atoms with Crippen molar-refractivity contribution in [2.45, 2.75) is 47.0 Å². The highest BCUT2D eigenvalue weighted by atomic mass is 14.6. The third-order valence-corrected chi connectivity index (χ3v) is 3.48. The lowest BCUT2D eigenvalue weighted by Crippen LogP contribution is -1.89. The van der Waals surface area contributed by atoms with Crippen LogP contribution in [0.5, 0.6) is 0 Å². The van der Waals surface area contributed by atoms with Gasteiger partial charge in [0.1, 0.15) is 0 Å². The predicted molar refractivity (Wildman–Crippen MR) is 53.7 cm³/mol. The maximum Gasteiger partial charge on any atom is 0.00915 e. The molecule has 1 aliphatic rings. The van der Waals surface area contributed by atoms with Crippen LogP contribution < -0.4 is 0 Å². The number of hydrogen-bond acceptors (Lipinski definition) is 0. The first kappa shape index (κ1) is 9.65. The minimum Gasteiger partial charge on any atom is -0.107 e. The molecule has 0 aromatic heterocycles. The molecule has 1 aliphatic carbocycles. The lowest BCUT2D eigenvalue weighted by Gasteiger charge is -1.98. The molecule has 0 saturated heterocycles. The highest BCUT2D eigenvalue weighted by molar-refractivity contribution is 5.06. The van der Waals surface area contributed by atoms with E-state index in [9.17, 15) is 0 Å². The fourth-order valence-corrected chi connectivity index (χ4v) is 2.59. The van der Waals surface area contributed by atoms with Crippen molar-refractivity contribution >= 4 is 0 Å². The first-order valence-corrected chi connectivity index (χ1v) is 5.04. The molecule has 0 heteroatoms. The van der Waals surface area contributed by atoms with Crippen LogP contribution in [0.15, 0.2) is 0 Å². The summed E-state index contributed by atoms with van der Waals surface area (Å²) in [5.74, 6) is 8.03. The van der Waals surface area contributed by atoms with Gasteiger partial charge in [-0.15, -0.1) is 11.8 Å². The summed E-state index contributed by atoms with van der Waals surface area (Å²) < 4.78 is 0. The quantitative estimate of drug-likeness (QED) is 0.560. The van der Waals surface area contributed by atoms with E-state index in [2.05, 4.69) is 32.6 Å². The van der Waals surface area contributed by atoms with E-state index in [0.717, 1.165) is 18.3 Å². The van der Waals surface area contributed by atoms with E-state index < -0.39 is 0 Å². The van der Waals surface area contributed by atoms with Crippen molar-refractivity contribution in [3.05, 3.63) is 0 Å². The second kappa shape index (κ2) is 3.52. The Bertz CT molecular complexity index is 202. The molecular weight excluding hydrogens is 144 g/mol. The van der Waals surface area contributed by atoms with Crippen LogP contribution in [0.1, 0.15) is 47.0 Å². The van der Waals surface area contributed by atoms with Gasteiger partial charge in [0.05, 0.1) is 0 Å². The molecule has 68 valence electrons. The second-order valence-corrected chi connectivity index (χ2v) is 4.41. The van der Waals surface area contributed by atoms with Crippen LogP contribution in [0.25, 0.3) is 0 Å². The van der Waals surface area contributed by atoms with Crippen molar-refractivity contribution in [3.63, 3.8) is 0 Å². The Morgan fingerprint density at radius 2 is 1.92 bits per heavy atom. The molecule has 0 amide bonds. The highest BCUT2D eigenvalue weighted by Crippen LogP contribution is 2.61. The second-order valence-electron chi connectivity index (χ2n) is 4.41. The van der Waals surface area contributed by atoms with Crippen LogP contribution in [-0.4, -0.2) is 0 Å². The van der Waals surface area contributed by atoms with E-state index in [1.807, 2.05) is 6.92 Å². The maximum atomic E-state index is 3.15. The molecule has 0 heterocycles. The van der Waals surface area contributed by atoms with Crippen LogP contribution in [0, 0.1) is 29.1 Å². The maximum absolute atomic E-state index is 3.15. The lowest BCUT2D eigenvalue weighted by molar-refractivity contribution is 0.521. The van der Waals surface area contributed by atoms with Crippen molar-refractivity contribution in [2.75, 3.05) is 0 Å². The Hall–Kier alpha value is -0.440. The SMILES string of the molecule is CC#CCCC1C(CC)C1(C)C. The third-order valence-electron chi connectivity index (χ3n) is 3.48. The van der Waals surface area contributed by atoms with Gasteiger partial charge in [0, 0.05) is 6.42 Å². The largest absolute Gasteiger partial charge is 0.107 e. The first-order chi connectivity index (χ1) is 5.64. The molecule has 0 nitrogen and oxygen atoms in total. The van der Waals surface area contributed by atoms with Gasteiger partial charge in [0.2, 0.25) is 0 Å². The average molecular weight is 164 g/mol. The van der Waals surface area contributed by atoms with Crippen LogP contribution >= 0.6 is 0 Å². The molecule has 1 saturated carbocycles. The molecule has 0 aromatic rings. The molecule has 0 radical (unpaired) electrons. The van der Waals surface area contributed by atoms with Gasteiger partial charge >= 0.3 is 0 Å². The monoisotopic (exact) mass is 164 g/mol. The fourth-order valence-electron chi connectivity index (χ4n) is 2.59. The number of hydrogen-bond donors (Lipinski definition) is 0. The van der Waals surface area contributed by atoms with Gasteiger partial charge in [0.25, 0.3) is 0 Å². The molecule has 2 atom stereocenters. The molecule has 0 N–H and O–H groups in total. The van der Waals surface area contributed by atoms with E-state index in [4.69, 9.17) is 0 Å². The van der Waals surface area contributed by atoms with Gasteiger partial charge in [0.15, 0.2) is 0 Å². The summed E-state index contributed by atoms with van der Waals surface area (Å²) in [7, 11) is 0. The highest BCUT2D eigenvalue weighted by Gasteiger charge is 2.54. The molecule has 0 bridgehead atoms. The van der Waals surface area contributed by atoms with Crippen molar-refractivity contribution < 1.29 is 0 Å². The fraction of sp³-hybridized carbons (Fsp3) is 0.833. The standard InChI is InChI=1S/C12H20/c1-5-7-8-9-11-10(6-2)12(11,3)4/h10-11H,6,8-9H2,1-4H3. The normalized spacial score (nSPS) is 30.7. The van der Waals surface area contributed by atoms with Gasteiger partial charge in [-0.1, -0.05) is 27.2 Å². The zero-order valence-corrected chi connectivity index (χ0v) is 8.78. The molecule has 2 unspecified atom stereocenters. The molecule has 12 heavy (non-hydrogen) atoms. The molecular formula is C12H20. The number of rotatable bonds is 3. The summed E-state index contributed by atoms with van der Waals surface area (Å²) in [5, 5.41) is 0. The van der Waals surface area contributed by atoms with Crippen LogP contribution in [0.4, 0.5) is 0 Å². The Balaban J connectivity index is 2.30. The summed E-state index contributed by atoms with van der Waals surface area (Å²) >= 11 is 0. The van der Waals surface area contributed by atoms with E-state index in [1.165, 1.54) is 12.8 Å². The molecule has 0 aliphatic heterocycles. The van der Waals surface area contributed by atoms with E-state index in [0.29, 0.717) is 5.41 Å². The van der Waals surface area contributed by atoms with Crippen molar-refractivity contribution in [1.82, 2.24) is 0 Å². The van der Waals surface area contributed by atoms with Crippen molar-refractivity contribution in [3.8, 4) is 11.8 Å². The predicted octanol–water partition coefficient (Wildman–Crippen LogP) is 3.47. The molecule has 0 spiro atoms.